The Kier molecular flexibility index (Phi) is 6.53. The number of methoxy groups -OCH3 is 1. The molecule has 0 fully saturated rings. The van der Waals surface area contributed by atoms with Gasteiger partial charge in [0.1, 0.15) is 17.4 Å². The van der Waals surface area contributed by atoms with Gasteiger partial charge < -0.3 is 19.8 Å². The third kappa shape index (κ3) is 3.99. The molecule has 1 aromatic heterocycles. The van der Waals surface area contributed by atoms with Crippen molar-refractivity contribution in [3.05, 3.63) is 72.9 Å². The van der Waals surface area contributed by atoms with E-state index in [0.29, 0.717) is 46.5 Å². The summed E-state index contributed by atoms with van der Waals surface area (Å²) in [5, 5.41) is 10.4. The fourth-order valence-electron chi connectivity index (χ4n) is 3.53. The number of fused-ring (bicyclic) bond motifs is 1. The molecule has 0 bridgehead atoms. The van der Waals surface area contributed by atoms with Crippen LogP contribution in [0.2, 0.25) is 10.0 Å². The van der Waals surface area contributed by atoms with Gasteiger partial charge in [-0.2, -0.15) is 5.26 Å². The van der Waals surface area contributed by atoms with Crippen LogP contribution in [0.25, 0.3) is 0 Å². The molecule has 3 rings (SSSR count). The Balaban J connectivity index is 2.29. The minimum atomic E-state index is -0.699. The topological polar surface area (TPSA) is 90.3 Å². The molecule has 1 aromatic carbocycles. The van der Waals surface area contributed by atoms with Crippen LogP contribution in [0, 0.1) is 11.3 Å². The number of benzene rings is 1. The standard InChI is InChI=1S/C21H21Cl2N3O3/c1-3-4-13-10-17-19(21(27)26(13)7-8-28-2)18(14(11-24)20(25)29-17)12-5-6-15(22)16(23)9-12/h5-6,9-10,18H,3-4,7-8,25H2,1-2H3. The van der Waals surface area contributed by atoms with Crippen LogP contribution in [-0.2, 0) is 17.7 Å². The normalized spacial score (nSPS) is 15.6. The zero-order valence-corrected chi connectivity index (χ0v) is 17.7. The minimum Gasteiger partial charge on any atom is -0.440 e. The van der Waals surface area contributed by atoms with Gasteiger partial charge in [0.25, 0.3) is 5.56 Å². The lowest BCUT2D eigenvalue weighted by atomic mass is 9.84. The van der Waals surface area contributed by atoms with Crippen LogP contribution in [-0.4, -0.2) is 18.3 Å². The van der Waals surface area contributed by atoms with Crippen molar-refractivity contribution in [3.8, 4) is 11.8 Å². The van der Waals surface area contributed by atoms with Crippen molar-refractivity contribution < 1.29 is 9.47 Å². The molecule has 0 saturated heterocycles. The van der Waals surface area contributed by atoms with Crippen LogP contribution in [0.4, 0.5) is 0 Å². The van der Waals surface area contributed by atoms with Crippen molar-refractivity contribution in [2.75, 3.05) is 13.7 Å². The summed E-state index contributed by atoms with van der Waals surface area (Å²) in [6.45, 7) is 2.82. The van der Waals surface area contributed by atoms with Gasteiger partial charge >= 0.3 is 0 Å². The van der Waals surface area contributed by atoms with E-state index in [1.807, 2.05) is 13.0 Å². The molecular formula is C21H21Cl2N3O3. The highest BCUT2D eigenvalue weighted by atomic mass is 35.5. The summed E-state index contributed by atoms with van der Waals surface area (Å²) in [5.41, 5.74) is 7.79. The van der Waals surface area contributed by atoms with E-state index in [1.165, 1.54) is 0 Å². The number of ether oxygens (including phenoxy) is 2. The largest absolute Gasteiger partial charge is 0.440 e. The molecule has 8 heteroatoms. The molecule has 29 heavy (non-hydrogen) atoms. The van der Waals surface area contributed by atoms with Gasteiger partial charge in [-0.3, -0.25) is 4.79 Å². The van der Waals surface area contributed by atoms with Crippen molar-refractivity contribution >= 4 is 23.2 Å². The van der Waals surface area contributed by atoms with Crippen molar-refractivity contribution in [2.45, 2.75) is 32.2 Å². The van der Waals surface area contributed by atoms with Crippen molar-refractivity contribution in [1.82, 2.24) is 4.57 Å². The monoisotopic (exact) mass is 433 g/mol. The summed E-state index contributed by atoms with van der Waals surface area (Å²) in [4.78, 5) is 13.5. The summed E-state index contributed by atoms with van der Waals surface area (Å²) in [7, 11) is 1.59. The predicted molar refractivity (Wildman–Crippen MR) is 112 cm³/mol. The number of aromatic nitrogens is 1. The quantitative estimate of drug-likeness (QED) is 0.743. The summed E-state index contributed by atoms with van der Waals surface area (Å²) < 4.78 is 12.5. The lowest BCUT2D eigenvalue weighted by Crippen LogP contribution is -2.34. The Morgan fingerprint density at radius 2 is 2.07 bits per heavy atom. The molecule has 0 radical (unpaired) electrons. The number of aryl methyl sites for hydroxylation is 1. The van der Waals surface area contributed by atoms with Gasteiger partial charge in [0.2, 0.25) is 5.88 Å². The molecule has 1 aliphatic rings. The molecule has 0 saturated carbocycles. The van der Waals surface area contributed by atoms with Gasteiger partial charge in [-0.25, -0.2) is 0 Å². The number of allylic oxidation sites excluding steroid dienone is 1. The van der Waals surface area contributed by atoms with Gasteiger partial charge in [0, 0.05) is 25.4 Å². The average Bonchev–Trinajstić information content (AvgIpc) is 2.69. The summed E-state index contributed by atoms with van der Waals surface area (Å²) in [6, 6.07) is 8.92. The molecule has 0 amide bonds. The van der Waals surface area contributed by atoms with Crippen molar-refractivity contribution in [1.29, 1.82) is 5.26 Å². The minimum absolute atomic E-state index is 0.0208. The van der Waals surface area contributed by atoms with Crippen molar-refractivity contribution in [2.24, 2.45) is 5.73 Å². The third-order valence-electron chi connectivity index (χ3n) is 4.87. The van der Waals surface area contributed by atoms with Gasteiger partial charge in [0.15, 0.2) is 0 Å². The van der Waals surface area contributed by atoms with Gasteiger partial charge in [-0.15, -0.1) is 0 Å². The zero-order chi connectivity index (χ0) is 21.1. The highest BCUT2D eigenvalue weighted by molar-refractivity contribution is 6.42. The molecule has 0 aliphatic carbocycles. The van der Waals surface area contributed by atoms with E-state index in [1.54, 1.807) is 29.9 Å². The maximum atomic E-state index is 13.5. The van der Waals surface area contributed by atoms with Crippen LogP contribution in [0.3, 0.4) is 0 Å². The highest BCUT2D eigenvalue weighted by Crippen LogP contribution is 2.41. The maximum absolute atomic E-state index is 13.5. The van der Waals surface area contributed by atoms with E-state index in [4.69, 9.17) is 38.4 Å². The summed E-state index contributed by atoms with van der Waals surface area (Å²) in [5.74, 6) is -0.359. The van der Waals surface area contributed by atoms with Crippen LogP contribution in [0.1, 0.15) is 36.1 Å². The molecule has 1 unspecified atom stereocenters. The van der Waals surface area contributed by atoms with Gasteiger partial charge in [-0.1, -0.05) is 42.6 Å². The van der Waals surface area contributed by atoms with E-state index < -0.39 is 5.92 Å². The second-order valence-electron chi connectivity index (χ2n) is 6.71. The smallest absolute Gasteiger partial charge is 0.258 e. The second kappa shape index (κ2) is 8.91. The van der Waals surface area contributed by atoms with Gasteiger partial charge in [-0.05, 0) is 24.1 Å². The van der Waals surface area contributed by atoms with Crippen LogP contribution < -0.4 is 16.0 Å². The van der Waals surface area contributed by atoms with Crippen molar-refractivity contribution in [3.63, 3.8) is 0 Å². The number of nitrogens with zero attached hydrogens (tertiary/aromatic N) is 2. The first-order valence-corrected chi connectivity index (χ1v) is 9.96. The van der Waals surface area contributed by atoms with E-state index in [0.717, 1.165) is 12.1 Å². The molecule has 2 heterocycles. The first kappa shape index (κ1) is 21.3. The first-order chi connectivity index (χ1) is 13.9. The Bertz CT molecular complexity index is 1070. The Morgan fingerprint density at radius 3 is 2.69 bits per heavy atom. The van der Waals surface area contributed by atoms with E-state index >= 15 is 0 Å². The predicted octanol–water partition coefficient (Wildman–Crippen LogP) is 3.97. The number of nitrogens with two attached hydrogens (primary N) is 1. The fourth-order valence-corrected chi connectivity index (χ4v) is 3.84. The lowest BCUT2D eigenvalue weighted by Gasteiger charge is -2.28. The number of hydrogen-bond donors (Lipinski definition) is 1. The second-order valence-corrected chi connectivity index (χ2v) is 7.53. The molecule has 0 spiro atoms. The summed E-state index contributed by atoms with van der Waals surface area (Å²) in [6.07, 6.45) is 1.55. The highest BCUT2D eigenvalue weighted by Gasteiger charge is 2.34. The fraction of sp³-hybridized carbons (Fsp3) is 0.333. The molecule has 152 valence electrons. The maximum Gasteiger partial charge on any atom is 0.258 e. The molecule has 2 aromatic rings. The molecule has 1 aliphatic heterocycles. The number of hydrogen-bond acceptors (Lipinski definition) is 5. The summed E-state index contributed by atoms with van der Waals surface area (Å²) >= 11 is 12.3. The number of rotatable bonds is 6. The number of pyridine rings is 1. The van der Waals surface area contributed by atoms with E-state index in [-0.39, 0.29) is 17.0 Å². The van der Waals surface area contributed by atoms with Crippen LogP contribution >= 0.6 is 23.2 Å². The molecular weight excluding hydrogens is 413 g/mol. The van der Waals surface area contributed by atoms with E-state index in [2.05, 4.69) is 6.07 Å². The first-order valence-electron chi connectivity index (χ1n) is 9.21. The average molecular weight is 434 g/mol. The van der Waals surface area contributed by atoms with Gasteiger partial charge in [0.05, 0.1) is 28.1 Å². The Morgan fingerprint density at radius 1 is 1.31 bits per heavy atom. The number of nitriles is 1. The number of halogens is 2. The van der Waals surface area contributed by atoms with E-state index in [9.17, 15) is 10.1 Å². The molecule has 6 nitrogen and oxygen atoms in total. The third-order valence-corrected chi connectivity index (χ3v) is 5.61. The Hall–Kier alpha value is -2.46. The van der Waals surface area contributed by atoms with Crippen LogP contribution in [0.5, 0.6) is 5.75 Å². The van der Waals surface area contributed by atoms with Crippen LogP contribution in [0.15, 0.2) is 40.5 Å². The molecule has 2 N–H and O–H groups in total. The Labute approximate surface area is 179 Å². The SMILES string of the molecule is CCCc1cc2c(c(=O)n1CCOC)C(c1ccc(Cl)c(Cl)c1)C(C#N)=C(N)O2. The zero-order valence-electron chi connectivity index (χ0n) is 16.2. The molecule has 1 atom stereocenters. The lowest BCUT2D eigenvalue weighted by molar-refractivity contribution is 0.185.